The summed E-state index contributed by atoms with van der Waals surface area (Å²) in [6, 6.07) is 10.3. The quantitative estimate of drug-likeness (QED) is 0.764. The van der Waals surface area contributed by atoms with E-state index in [4.69, 9.17) is 19.8 Å². The average Bonchev–Trinajstić information content (AvgIpc) is 3.07. The maximum absolute atomic E-state index is 13.7. The second-order valence-electron chi connectivity index (χ2n) is 6.27. The average molecular weight is 391 g/mol. The molecule has 1 aromatic carbocycles. The number of hydrogen-bond acceptors (Lipinski definition) is 4. The second-order valence-corrected chi connectivity index (χ2v) is 6.27. The maximum Gasteiger partial charge on any atom is 0.414 e. The van der Waals surface area contributed by atoms with Crippen LogP contribution in [-0.4, -0.2) is 68.6 Å². The molecule has 0 spiro atoms. The molecule has 1 amide bonds. The van der Waals surface area contributed by atoms with Crippen LogP contribution in [0.4, 0.5) is 4.39 Å². The lowest BCUT2D eigenvalue weighted by atomic mass is 10.1. The molecule has 1 saturated heterocycles. The van der Waals surface area contributed by atoms with Crippen molar-refractivity contribution in [3.8, 4) is 0 Å². The van der Waals surface area contributed by atoms with Gasteiger partial charge in [0.05, 0.1) is 5.56 Å². The number of benzene rings is 1. The smallest absolute Gasteiger partial charge is 0.414 e. The predicted octanol–water partition coefficient (Wildman–Crippen LogP) is 1.28. The van der Waals surface area contributed by atoms with E-state index in [2.05, 4.69) is 15.5 Å². The second kappa shape index (κ2) is 9.65. The number of aliphatic carboxylic acids is 2. The van der Waals surface area contributed by atoms with Crippen LogP contribution in [0.2, 0.25) is 0 Å². The third kappa shape index (κ3) is 5.65. The van der Waals surface area contributed by atoms with Crippen LogP contribution >= 0.6 is 0 Å². The Labute approximate surface area is 161 Å². The lowest BCUT2D eigenvalue weighted by Crippen LogP contribution is -2.48. The highest BCUT2D eigenvalue weighted by Gasteiger charge is 2.24. The lowest BCUT2D eigenvalue weighted by Gasteiger charge is -2.34. The molecule has 2 aromatic rings. The van der Waals surface area contributed by atoms with Crippen molar-refractivity contribution in [1.82, 2.24) is 14.4 Å². The Morgan fingerprint density at radius 1 is 0.964 bits per heavy atom. The minimum Gasteiger partial charge on any atom is -0.473 e. The van der Waals surface area contributed by atoms with E-state index in [0.29, 0.717) is 13.1 Å². The molecule has 0 radical (unpaired) electrons. The van der Waals surface area contributed by atoms with E-state index in [1.165, 1.54) is 11.8 Å². The SMILES string of the molecule is Cn1cccc1CN1CCN(C(=O)c2ccccc2F)CC1.O=C(O)C(=O)O. The number of carboxylic acid groups (broad SMARTS) is 2. The number of aryl methyl sites for hydroxylation is 1. The summed E-state index contributed by atoms with van der Waals surface area (Å²) in [5, 5.41) is 14.8. The van der Waals surface area contributed by atoms with Gasteiger partial charge in [0, 0.05) is 51.7 Å². The van der Waals surface area contributed by atoms with Crippen LogP contribution in [0.25, 0.3) is 0 Å². The third-order valence-electron chi connectivity index (χ3n) is 4.38. The van der Waals surface area contributed by atoms with E-state index in [-0.39, 0.29) is 11.5 Å². The molecule has 1 aliphatic heterocycles. The van der Waals surface area contributed by atoms with E-state index < -0.39 is 17.8 Å². The van der Waals surface area contributed by atoms with Gasteiger partial charge in [0.25, 0.3) is 5.91 Å². The molecule has 0 atom stereocenters. The standard InChI is InChI=1S/C17H20FN3O.C2H2O4/c1-19-8-4-5-14(19)13-20-9-11-21(12-10-20)17(22)15-6-2-3-7-16(15)18;3-1(4)2(5)6/h2-8H,9-13H2,1H3;(H,3,4)(H,5,6). The lowest BCUT2D eigenvalue weighted by molar-refractivity contribution is -0.159. The number of carbonyl (C=O) groups is 3. The molecular formula is C19H22FN3O5. The number of hydrogen-bond donors (Lipinski definition) is 2. The fraction of sp³-hybridized carbons (Fsp3) is 0.316. The van der Waals surface area contributed by atoms with Crippen LogP contribution in [-0.2, 0) is 23.2 Å². The molecule has 8 nitrogen and oxygen atoms in total. The number of carbonyl (C=O) groups excluding carboxylic acids is 1. The van der Waals surface area contributed by atoms with E-state index in [1.807, 2.05) is 19.3 Å². The number of carboxylic acids is 2. The number of halogens is 1. The molecular weight excluding hydrogens is 369 g/mol. The first kappa shape index (κ1) is 21.1. The van der Waals surface area contributed by atoms with Crippen molar-refractivity contribution >= 4 is 17.8 Å². The van der Waals surface area contributed by atoms with Gasteiger partial charge in [-0.05, 0) is 24.3 Å². The Balaban J connectivity index is 0.000000409. The van der Waals surface area contributed by atoms with E-state index in [9.17, 15) is 9.18 Å². The highest BCUT2D eigenvalue weighted by atomic mass is 19.1. The predicted molar refractivity (Wildman–Crippen MR) is 98.3 cm³/mol. The van der Waals surface area contributed by atoms with E-state index >= 15 is 0 Å². The first-order valence-electron chi connectivity index (χ1n) is 8.62. The minimum atomic E-state index is -1.82. The first-order chi connectivity index (χ1) is 13.3. The summed E-state index contributed by atoms with van der Waals surface area (Å²) in [5.74, 6) is -4.31. The topological polar surface area (TPSA) is 103 Å². The van der Waals surface area contributed by atoms with Crippen molar-refractivity contribution in [3.05, 3.63) is 59.7 Å². The molecule has 28 heavy (non-hydrogen) atoms. The van der Waals surface area contributed by atoms with Gasteiger partial charge in [0.1, 0.15) is 5.82 Å². The number of piperazine rings is 1. The zero-order valence-electron chi connectivity index (χ0n) is 15.4. The van der Waals surface area contributed by atoms with Gasteiger partial charge in [-0.3, -0.25) is 9.69 Å². The van der Waals surface area contributed by atoms with E-state index in [0.717, 1.165) is 19.6 Å². The largest absolute Gasteiger partial charge is 0.473 e. The van der Waals surface area contributed by atoms with Crippen molar-refractivity contribution in [2.75, 3.05) is 26.2 Å². The normalized spacial score (nSPS) is 14.1. The van der Waals surface area contributed by atoms with Crippen molar-refractivity contribution in [2.24, 2.45) is 7.05 Å². The summed E-state index contributed by atoms with van der Waals surface area (Å²) in [5.41, 5.74) is 1.42. The Morgan fingerprint density at radius 3 is 2.07 bits per heavy atom. The molecule has 0 unspecified atom stereocenters. The molecule has 2 heterocycles. The summed E-state index contributed by atoms with van der Waals surface area (Å²) in [6.45, 7) is 3.77. The number of aromatic nitrogens is 1. The molecule has 9 heteroatoms. The Bertz CT molecular complexity index is 832. The summed E-state index contributed by atoms with van der Waals surface area (Å²) in [6.07, 6.45) is 2.04. The highest BCUT2D eigenvalue weighted by molar-refractivity contribution is 6.27. The van der Waals surface area contributed by atoms with Crippen LogP contribution in [0.5, 0.6) is 0 Å². The fourth-order valence-electron chi connectivity index (χ4n) is 2.80. The molecule has 0 bridgehead atoms. The Morgan fingerprint density at radius 2 is 1.57 bits per heavy atom. The van der Waals surface area contributed by atoms with Crippen LogP contribution in [0, 0.1) is 5.82 Å². The summed E-state index contributed by atoms with van der Waals surface area (Å²) in [4.78, 5) is 34.6. The monoisotopic (exact) mass is 391 g/mol. The van der Waals surface area contributed by atoms with Crippen LogP contribution in [0.15, 0.2) is 42.6 Å². The van der Waals surface area contributed by atoms with Gasteiger partial charge in [-0.1, -0.05) is 12.1 Å². The van der Waals surface area contributed by atoms with Gasteiger partial charge < -0.3 is 19.7 Å². The van der Waals surface area contributed by atoms with Gasteiger partial charge in [-0.15, -0.1) is 0 Å². The summed E-state index contributed by atoms with van der Waals surface area (Å²) in [7, 11) is 2.04. The summed E-state index contributed by atoms with van der Waals surface area (Å²) >= 11 is 0. The number of nitrogens with zero attached hydrogens (tertiary/aromatic N) is 3. The molecule has 1 aromatic heterocycles. The maximum atomic E-state index is 13.7. The zero-order valence-corrected chi connectivity index (χ0v) is 15.4. The van der Waals surface area contributed by atoms with E-state index in [1.54, 1.807) is 23.1 Å². The molecule has 3 rings (SSSR count). The number of amides is 1. The van der Waals surface area contributed by atoms with Crippen molar-refractivity contribution in [1.29, 1.82) is 0 Å². The molecule has 0 aliphatic carbocycles. The number of rotatable bonds is 3. The van der Waals surface area contributed by atoms with Crippen molar-refractivity contribution < 1.29 is 29.0 Å². The van der Waals surface area contributed by atoms with Gasteiger partial charge >= 0.3 is 11.9 Å². The molecule has 2 N–H and O–H groups in total. The van der Waals surface area contributed by atoms with Crippen LogP contribution in [0.3, 0.4) is 0 Å². The fourth-order valence-corrected chi connectivity index (χ4v) is 2.80. The highest BCUT2D eigenvalue weighted by Crippen LogP contribution is 2.14. The van der Waals surface area contributed by atoms with Gasteiger partial charge in [-0.2, -0.15) is 0 Å². The molecule has 150 valence electrons. The molecule has 1 fully saturated rings. The summed E-state index contributed by atoms with van der Waals surface area (Å²) < 4.78 is 15.8. The van der Waals surface area contributed by atoms with Crippen molar-refractivity contribution in [2.45, 2.75) is 6.54 Å². The van der Waals surface area contributed by atoms with Gasteiger partial charge in [0.2, 0.25) is 0 Å². The zero-order chi connectivity index (χ0) is 20.7. The van der Waals surface area contributed by atoms with Gasteiger partial charge in [-0.25, -0.2) is 14.0 Å². The molecule has 1 aliphatic rings. The first-order valence-corrected chi connectivity index (χ1v) is 8.62. The Kier molecular flexibility index (Phi) is 7.28. The van der Waals surface area contributed by atoms with Crippen LogP contribution in [0.1, 0.15) is 16.1 Å². The minimum absolute atomic E-state index is 0.165. The third-order valence-corrected chi connectivity index (χ3v) is 4.38. The molecule has 0 saturated carbocycles. The Hall–Kier alpha value is -3.20. The van der Waals surface area contributed by atoms with Gasteiger partial charge in [0.15, 0.2) is 0 Å². The van der Waals surface area contributed by atoms with Crippen molar-refractivity contribution in [3.63, 3.8) is 0 Å². The van der Waals surface area contributed by atoms with Crippen LogP contribution < -0.4 is 0 Å².